The fraction of sp³-hybridized carbons (Fsp3) is 0.250. The van der Waals surface area contributed by atoms with Crippen LogP contribution < -0.4 is 5.32 Å². The molecule has 0 amide bonds. The Morgan fingerprint density at radius 2 is 2.29 bits per heavy atom. The Morgan fingerprint density at radius 3 is 3.12 bits per heavy atom. The lowest BCUT2D eigenvalue weighted by Gasteiger charge is -2.23. The van der Waals surface area contributed by atoms with Gasteiger partial charge >= 0.3 is 0 Å². The first-order valence-corrected chi connectivity index (χ1v) is 5.84. The van der Waals surface area contributed by atoms with Gasteiger partial charge in [-0.05, 0) is 17.7 Å². The van der Waals surface area contributed by atoms with Gasteiger partial charge in [0.05, 0.1) is 23.1 Å². The number of aromatic nitrogens is 2. The van der Waals surface area contributed by atoms with E-state index in [1.807, 2.05) is 0 Å². The summed E-state index contributed by atoms with van der Waals surface area (Å²) in [7, 11) is 0. The Balaban J connectivity index is 2.03. The van der Waals surface area contributed by atoms with Crippen LogP contribution in [0.2, 0.25) is 5.02 Å². The topological polar surface area (TPSA) is 40.7 Å². The molecule has 0 saturated carbocycles. The maximum atomic E-state index is 13.1. The highest BCUT2D eigenvalue weighted by Gasteiger charge is 2.24. The normalized spacial score (nSPS) is 19.1. The highest BCUT2D eigenvalue weighted by Crippen LogP contribution is 2.28. The van der Waals surface area contributed by atoms with Crippen LogP contribution >= 0.6 is 11.6 Å². The van der Waals surface area contributed by atoms with E-state index in [0.717, 1.165) is 29.9 Å². The molecule has 0 spiro atoms. The molecule has 2 N–H and O–H groups in total. The van der Waals surface area contributed by atoms with Gasteiger partial charge in [0.15, 0.2) is 0 Å². The molecule has 2 aromatic rings. The predicted molar refractivity (Wildman–Crippen MR) is 63.5 cm³/mol. The molecule has 3 rings (SSSR count). The largest absolute Gasteiger partial charge is 0.348 e. The number of nitrogens with zero attached hydrogens (tertiary/aromatic N) is 1. The zero-order valence-electron chi connectivity index (χ0n) is 9.00. The Kier molecular flexibility index (Phi) is 2.61. The minimum atomic E-state index is -0.395. The van der Waals surface area contributed by atoms with E-state index >= 15 is 0 Å². The average Bonchev–Trinajstić information content (AvgIpc) is 2.80. The maximum Gasteiger partial charge on any atom is 0.141 e. The SMILES string of the molecule is Fc1ccc(C2NCCc3[nH]cnc32)cc1Cl. The number of benzene rings is 1. The fourth-order valence-electron chi connectivity index (χ4n) is 2.19. The van der Waals surface area contributed by atoms with Crippen molar-refractivity contribution in [2.45, 2.75) is 12.5 Å². The molecule has 0 saturated heterocycles. The van der Waals surface area contributed by atoms with Gasteiger partial charge in [0, 0.05) is 18.7 Å². The summed E-state index contributed by atoms with van der Waals surface area (Å²) in [5.41, 5.74) is 3.04. The third kappa shape index (κ3) is 1.83. The van der Waals surface area contributed by atoms with Crippen LogP contribution in [0.4, 0.5) is 4.39 Å². The number of nitrogens with one attached hydrogen (secondary N) is 2. The third-order valence-electron chi connectivity index (χ3n) is 3.03. The van der Waals surface area contributed by atoms with Crippen LogP contribution in [0.15, 0.2) is 24.5 Å². The molecule has 88 valence electrons. The number of halogens is 2. The quantitative estimate of drug-likeness (QED) is 0.817. The van der Waals surface area contributed by atoms with E-state index in [2.05, 4.69) is 15.3 Å². The van der Waals surface area contributed by atoms with Gasteiger partial charge in [-0.3, -0.25) is 0 Å². The van der Waals surface area contributed by atoms with Crippen LogP contribution in [0.3, 0.4) is 0 Å². The summed E-state index contributed by atoms with van der Waals surface area (Å²) in [4.78, 5) is 7.44. The van der Waals surface area contributed by atoms with Gasteiger partial charge in [0.2, 0.25) is 0 Å². The zero-order chi connectivity index (χ0) is 11.8. The number of hydrogen-bond donors (Lipinski definition) is 2. The van der Waals surface area contributed by atoms with Crippen molar-refractivity contribution in [1.29, 1.82) is 0 Å². The van der Waals surface area contributed by atoms with Gasteiger partial charge in [0.25, 0.3) is 0 Å². The van der Waals surface area contributed by atoms with E-state index in [4.69, 9.17) is 11.6 Å². The van der Waals surface area contributed by atoms with Gasteiger partial charge in [-0.15, -0.1) is 0 Å². The van der Waals surface area contributed by atoms with Gasteiger partial charge in [-0.25, -0.2) is 9.37 Å². The second-order valence-corrected chi connectivity index (χ2v) is 4.48. The summed E-state index contributed by atoms with van der Waals surface area (Å²) in [5.74, 6) is -0.395. The van der Waals surface area contributed by atoms with Crippen LogP contribution in [0.25, 0.3) is 0 Å². The lowest BCUT2D eigenvalue weighted by molar-refractivity contribution is 0.551. The van der Waals surface area contributed by atoms with E-state index in [1.54, 1.807) is 18.5 Å². The van der Waals surface area contributed by atoms with E-state index in [-0.39, 0.29) is 11.1 Å². The Bertz CT molecular complexity index is 552. The first-order valence-electron chi connectivity index (χ1n) is 5.46. The molecule has 3 nitrogen and oxygen atoms in total. The van der Waals surface area contributed by atoms with E-state index in [9.17, 15) is 4.39 Å². The first-order chi connectivity index (χ1) is 8.25. The Labute approximate surface area is 103 Å². The number of imidazole rings is 1. The lowest BCUT2D eigenvalue weighted by Crippen LogP contribution is -2.30. The molecule has 17 heavy (non-hydrogen) atoms. The highest BCUT2D eigenvalue weighted by molar-refractivity contribution is 6.30. The van der Waals surface area contributed by atoms with Gasteiger partial charge in [-0.2, -0.15) is 0 Å². The summed E-state index contributed by atoms with van der Waals surface area (Å²) in [5, 5.41) is 3.51. The van der Waals surface area contributed by atoms with Crippen molar-refractivity contribution in [3.8, 4) is 0 Å². The number of hydrogen-bond acceptors (Lipinski definition) is 2. The average molecular weight is 252 g/mol. The van der Waals surface area contributed by atoms with E-state index in [0.29, 0.717) is 0 Å². The van der Waals surface area contributed by atoms with E-state index < -0.39 is 5.82 Å². The maximum absolute atomic E-state index is 13.1. The molecule has 1 aliphatic rings. The van der Waals surface area contributed by atoms with Crippen LogP contribution in [-0.4, -0.2) is 16.5 Å². The Hall–Kier alpha value is -1.39. The lowest BCUT2D eigenvalue weighted by atomic mass is 9.98. The summed E-state index contributed by atoms with van der Waals surface area (Å²) in [6.07, 6.45) is 2.62. The third-order valence-corrected chi connectivity index (χ3v) is 3.32. The summed E-state index contributed by atoms with van der Waals surface area (Å²) in [6.45, 7) is 0.870. The van der Waals surface area contributed by atoms with Crippen molar-refractivity contribution in [3.05, 3.63) is 52.3 Å². The first kappa shape index (κ1) is 10.7. The molecular weight excluding hydrogens is 241 g/mol. The van der Waals surface area contributed by atoms with Crippen LogP contribution in [0.1, 0.15) is 23.0 Å². The zero-order valence-corrected chi connectivity index (χ0v) is 9.76. The van der Waals surface area contributed by atoms with Gasteiger partial charge in [-0.1, -0.05) is 17.7 Å². The van der Waals surface area contributed by atoms with Gasteiger partial charge < -0.3 is 10.3 Å². The van der Waals surface area contributed by atoms with Crippen molar-refractivity contribution in [3.63, 3.8) is 0 Å². The van der Waals surface area contributed by atoms with Crippen molar-refractivity contribution in [2.75, 3.05) is 6.54 Å². The number of rotatable bonds is 1. The van der Waals surface area contributed by atoms with Crippen LogP contribution in [-0.2, 0) is 6.42 Å². The molecule has 0 bridgehead atoms. The minimum absolute atomic E-state index is 0.0110. The summed E-state index contributed by atoms with van der Waals surface area (Å²) >= 11 is 5.80. The molecule has 2 heterocycles. The highest BCUT2D eigenvalue weighted by atomic mass is 35.5. The second kappa shape index (κ2) is 4.13. The molecule has 1 aromatic heterocycles. The fourth-order valence-corrected chi connectivity index (χ4v) is 2.38. The predicted octanol–water partition coefficient (Wildman–Crippen LogP) is 2.44. The van der Waals surface area contributed by atoms with Crippen molar-refractivity contribution in [1.82, 2.24) is 15.3 Å². The molecule has 0 aliphatic carbocycles. The van der Waals surface area contributed by atoms with Crippen molar-refractivity contribution < 1.29 is 4.39 Å². The summed E-state index contributed by atoms with van der Waals surface area (Å²) in [6, 6.07) is 4.77. The molecule has 1 atom stereocenters. The standard InChI is InChI=1S/C12H11ClFN3/c13-8-5-7(1-2-9(8)14)11-12-10(3-4-15-11)16-6-17-12/h1-2,5-6,11,15H,3-4H2,(H,16,17). The molecule has 5 heteroatoms. The summed E-state index contributed by atoms with van der Waals surface area (Å²) < 4.78 is 13.1. The molecule has 0 fully saturated rings. The smallest absolute Gasteiger partial charge is 0.141 e. The molecule has 1 aromatic carbocycles. The Morgan fingerprint density at radius 1 is 1.41 bits per heavy atom. The van der Waals surface area contributed by atoms with Crippen molar-refractivity contribution >= 4 is 11.6 Å². The number of fused-ring (bicyclic) bond motifs is 1. The number of aromatic amines is 1. The minimum Gasteiger partial charge on any atom is -0.348 e. The van der Waals surface area contributed by atoms with Crippen molar-refractivity contribution in [2.24, 2.45) is 0 Å². The molecular formula is C12H11ClFN3. The number of H-pyrrole nitrogens is 1. The van der Waals surface area contributed by atoms with Crippen LogP contribution in [0, 0.1) is 5.82 Å². The molecule has 1 unspecified atom stereocenters. The van der Waals surface area contributed by atoms with Gasteiger partial charge in [0.1, 0.15) is 5.82 Å². The molecule has 0 radical (unpaired) electrons. The van der Waals surface area contributed by atoms with Crippen LogP contribution in [0.5, 0.6) is 0 Å². The monoisotopic (exact) mass is 251 g/mol. The molecule has 1 aliphatic heterocycles. The van der Waals surface area contributed by atoms with E-state index in [1.165, 1.54) is 6.07 Å². The second-order valence-electron chi connectivity index (χ2n) is 4.08.